The third-order valence-electron chi connectivity index (χ3n) is 10.1. The Labute approximate surface area is 267 Å². The van der Waals surface area contributed by atoms with Crippen molar-refractivity contribution in [2.75, 3.05) is 39.3 Å². The molecule has 238 valence electrons. The van der Waals surface area contributed by atoms with E-state index in [1.54, 1.807) is 4.90 Å². The number of carbonyl (C=O) groups excluding carboxylic acids is 4. The molecule has 1 N–H and O–H groups in total. The molecule has 4 amide bonds. The highest BCUT2D eigenvalue weighted by molar-refractivity contribution is 6.06. The Balaban J connectivity index is 0.962. The lowest BCUT2D eigenvalue weighted by Gasteiger charge is -2.45. The van der Waals surface area contributed by atoms with Crippen LogP contribution < -0.4 is 5.32 Å². The van der Waals surface area contributed by atoms with Gasteiger partial charge < -0.3 is 9.80 Å². The second kappa shape index (κ2) is 12.8. The maximum Gasteiger partial charge on any atom is 0.256 e. The SMILES string of the molecule is O=C1CCC(N2Cc3cc(C(=O)N4CCC(N5CCN(C(c6ccccc6)c6ccccc6)CC5)CC4)c(F)cc3C2=O)C(=O)N1. The van der Waals surface area contributed by atoms with Gasteiger partial charge in [0.25, 0.3) is 11.8 Å². The van der Waals surface area contributed by atoms with Crippen molar-refractivity contribution < 1.29 is 23.6 Å². The molecule has 9 nitrogen and oxygen atoms in total. The van der Waals surface area contributed by atoms with Gasteiger partial charge in [-0.1, -0.05) is 60.7 Å². The number of piperidine rings is 2. The Hall–Kier alpha value is -4.41. The molecule has 0 aliphatic carbocycles. The molecule has 3 aromatic rings. The molecule has 4 aliphatic heterocycles. The monoisotopic (exact) mass is 623 g/mol. The fourth-order valence-electron chi connectivity index (χ4n) is 7.60. The number of nitrogens with zero attached hydrogens (tertiary/aromatic N) is 4. The molecule has 4 heterocycles. The summed E-state index contributed by atoms with van der Waals surface area (Å²) in [5.74, 6) is -2.45. The van der Waals surface area contributed by atoms with Crippen LogP contribution in [0, 0.1) is 5.82 Å². The van der Waals surface area contributed by atoms with Gasteiger partial charge in [-0.25, -0.2) is 4.39 Å². The number of likely N-dealkylation sites (tertiary alicyclic amines) is 1. The molecular weight excluding hydrogens is 585 g/mol. The molecule has 0 saturated carbocycles. The van der Waals surface area contributed by atoms with Gasteiger partial charge in [-0.05, 0) is 48.1 Å². The number of fused-ring (bicyclic) bond motifs is 1. The summed E-state index contributed by atoms with van der Waals surface area (Å²) in [7, 11) is 0. The van der Waals surface area contributed by atoms with E-state index in [0.717, 1.165) is 45.1 Å². The first-order chi connectivity index (χ1) is 22.4. The van der Waals surface area contributed by atoms with Gasteiger partial charge in [0.1, 0.15) is 11.9 Å². The van der Waals surface area contributed by atoms with Crippen LogP contribution in [0.2, 0.25) is 0 Å². The Kier molecular flexibility index (Phi) is 8.40. The minimum absolute atomic E-state index is 0.0448. The normalized spacial score (nSPS) is 21.5. The van der Waals surface area contributed by atoms with Crippen LogP contribution in [-0.4, -0.2) is 94.6 Å². The number of carbonyl (C=O) groups is 4. The van der Waals surface area contributed by atoms with Gasteiger partial charge in [0.2, 0.25) is 11.8 Å². The zero-order chi connectivity index (χ0) is 31.8. The number of nitrogens with one attached hydrogen (secondary N) is 1. The lowest BCUT2D eigenvalue weighted by Crippen LogP contribution is -2.54. The van der Waals surface area contributed by atoms with Gasteiger partial charge in [-0.2, -0.15) is 0 Å². The summed E-state index contributed by atoms with van der Waals surface area (Å²) < 4.78 is 15.3. The topological polar surface area (TPSA) is 93.3 Å². The fraction of sp³-hybridized carbons (Fsp3) is 0.389. The van der Waals surface area contributed by atoms with E-state index in [1.165, 1.54) is 22.1 Å². The number of rotatable bonds is 6. The third-order valence-corrected chi connectivity index (χ3v) is 10.1. The highest BCUT2D eigenvalue weighted by Crippen LogP contribution is 2.32. The highest BCUT2D eigenvalue weighted by Gasteiger charge is 2.40. The summed E-state index contributed by atoms with van der Waals surface area (Å²) in [6.45, 7) is 4.98. The first kappa shape index (κ1) is 30.3. The van der Waals surface area contributed by atoms with Crippen molar-refractivity contribution in [1.82, 2.24) is 24.9 Å². The lowest BCUT2D eigenvalue weighted by atomic mass is 9.95. The minimum atomic E-state index is -0.789. The average molecular weight is 624 g/mol. The number of hydrogen-bond acceptors (Lipinski definition) is 6. The van der Waals surface area contributed by atoms with Gasteiger partial charge in [0.15, 0.2) is 0 Å². The summed E-state index contributed by atoms with van der Waals surface area (Å²) >= 11 is 0. The van der Waals surface area contributed by atoms with Crippen LogP contribution in [0.3, 0.4) is 0 Å². The standard InChI is InChI=1S/C36H38FN5O4/c37-30-22-28-26(23-42(36(28)46)31-11-12-32(43)38-34(31)44)21-29(30)35(45)41-15-13-27(14-16-41)39-17-19-40(20-18-39)33(24-7-3-1-4-8-24)25-9-5-2-6-10-25/h1-10,21-22,27,31,33H,11-20,23H2,(H,38,43,44). The molecule has 0 aromatic heterocycles. The van der Waals surface area contributed by atoms with Crippen molar-refractivity contribution in [2.45, 2.75) is 50.4 Å². The van der Waals surface area contributed by atoms with Crippen LogP contribution in [0.4, 0.5) is 4.39 Å². The molecule has 7 rings (SSSR count). The zero-order valence-electron chi connectivity index (χ0n) is 25.7. The first-order valence-corrected chi connectivity index (χ1v) is 16.2. The van der Waals surface area contributed by atoms with Crippen molar-refractivity contribution in [1.29, 1.82) is 0 Å². The van der Waals surface area contributed by atoms with Crippen LogP contribution >= 0.6 is 0 Å². The van der Waals surface area contributed by atoms with Gasteiger partial charge in [-0.15, -0.1) is 0 Å². The number of hydrogen-bond donors (Lipinski definition) is 1. The van der Waals surface area contributed by atoms with Gasteiger partial charge in [-0.3, -0.25) is 34.3 Å². The Morgan fingerprint density at radius 1 is 0.804 bits per heavy atom. The highest BCUT2D eigenvalue weighted by atomic mass is 19.1. The maximum atomic E-state index is 15.3. The largest absolute Gasteiger partial charge is 0.338 e. The van der Waals surface area contributed by atoms with E-state index in [1.807, 2.05) is 0 Å². The van der Waals surface area contributed by atoms with E-state index in [4.69, 9.17) is 0 Å². The Morgan fingerprint density at radius 2 is 1.43 bits per heavy atom. The molecule has 0 radical (unpaired) electrons. The molecule has 10 heteroatoms. The Morgan fingerprint density at radius 3 is 2.04 bits per heavy atom. The fourth-order valence-corrected chi connectivity index (χ4v) is 7.60. The first-order valence-electron chi connectivity index (χ1n) is 16.2. The Bertz CT molecular complexity index is 1600. The van der Waals surface area contributed by atoms with Crippen molar-refractivity contribution in [3.63, 3.8) is 0 Å². The maximum absolute atomic E-state index is 15.3. The summed E-state index contributed by atoms with van der Waals surface area (Å²) in [5.41, 5.74) is 3.23. The third kappa shape index (κ3) is 5.83. The number of halogens is 1. The summed E-state index contributed by atoms with van der Waals surface area (Å²) in [6.07, 6.45) is 2.01. The predicted octanol–water partition coefficient (Wildman–Crippen LogP) is 3.60. The summed E-state index contributed by atoms with van der Waals surface area (Å²) in [4.78, 5) is 58.7. The van der Waals surface area contributed by atoms with Crippen molar-refractivity contribution in [3.8, 4) is 0 Å². The van der Waals surface area contributed by atoms with Crippen LogP contribution in [0.1, 0.15) is 69.1 Å². The molecule has 46 heavy (non-hydrogen) atoms. The van der Waals surface area contributed by atoms with Crippen LogP contribution in [0.15, 0.2) is 72.8 Å². The van der Waals surface area contributed by atoms with Crippen molar-refractivity contribution in [2.24, 2.45) is 0 Å². The number of piperazine rings is 1. The zero-order valence-corrected chi connectivity index (χ0v) is 25.7. The lowest BCUT2D eigenvalue weighted by molar-refractivity contribution is -0.136. The number of amides is 4. The molecular formula is C36H38FN5O4. The van der Waals surface area contributed by atoms with Crippen LogP contribution in [-0.2, 0) is 16.1 Å². The van der Waals surface area contributed by atoms with E-state index in [9.17, 15) is 19.2 Å². The molecule has 0 spiro atoms. The van der Waals surface area contributed by atoms with E-state index >= 15 is 4.39 Å². The van der Waals surface area contributed by atoms with Crippen LogP contribution in [0.25, 0.3) is 0 Å². The molecule has 3 saturated heterocycles. The van der Waals surface area contributed by atoms with Gasteiger partial charge in [0.05, 0.1) is 11.6 Å². The van der Waals surface area contributed by atoms with Gasteiger partial charge in [0, 0.05) is 63.8 Å². The molecule has 1 atom stereocenters. The van der Waals surface area contributed by atoms with E-state index in [-0.39, 0.29) is 48.4 Å². The number of imide groups is 1. The quantitative estimate of drug-likeness (QED) is 0.422. The van der Waals surface area contributed by atoms with E-state index < -0.39 is 23.7 Å². The summed E-state index contributed by atoms with van der Waals surface area (Å²) in [5, 5.41) is 2.27. The van der Waals surface area contributed by atoms with Crippen molar-refractivity contribution >= 4 is 23.6 Å². The van der Waals surface area contributed by atoms with E-state index in [2.05, 4.69) is 75.8 Å². The molecule has 3 aromatic carbocycles. The second-order valence-electron chi connectivity index (χ2n) is 12.7. The molecule has 0 bridgehead atoms. The smallest absolute Gasteiger partial charge is 0.256 e. The van der Waals surface area contributed by atoms with E-state index in [0.29, 0.717) is 24.7 Å². The van der Waals surface area contributed by atoms with Crippen LogP contribution in [0.5, 0.6) is 0 Å². The predicted molar refractivity (Wildman–Crippen MR) is 169 cm³/mol. The molecule has 1 unspecified atom stereocenters. The number of benzene rings is 3. The summed E-state index contributed by atoms with van der Waals surface area (Å²) in [6, 6.07) is 23.7. The van der Waals surface area contributed by atoms with Crippen molar-refractivity contribution in [3.05, 3.63) is 106 Å². The average Bonchev–Trinajstić information content (AvgIpc) is 3.40. The van der Waals surface area contributed by atoms with Gasteiger partial charge >= 0.3 is 0 Å². The molecule has 4 aliphatic rings. The second-order valence-corrected chi connectivity index (χ2v) is 12.7. The molecule has 3 fully saturated rings. The minimum Gasteiger partial charge on any atom is -0.338 e.